The summed E-state index contributed by atoms with van der Waals surface area (Å²) < 4.78 is 19.7. The summed E-state index contributed by atoms with van der Waals surface area (Å²) in [6.45, 7) is 30.2. The molecule has 0 N–H and O–H groups in total. The molecule has 4 amide bonds. The Bertz CT molecular complexity index is 1100. The number of hydrogen-bond acceptors (Lipinski definition) is 7. The zero-order valence-corrected chi connectivity index (χ0v) is 31.9. The molecule has 0 spiro atoms. The lowest BCUT2D eigenvalue weighted by atomic mass is 9.65. The summed E-state index contributed by atoms with van der Waals surface area (Å²) in [6.07, 6.45) is 9.39. The van der Waals surface area contributed by atoms with Crippen LogP contribution in [0.3, 0.4) is 0 Å². The van der Waals surface area contributed by atoms with E-state index in [9.17, 15) is 19.2 Å². The lowest BCUT2D eigenvalue weighted by Crippen LogP contribution is -2.53. The van der Waals surface area contributed by atoms with E-state index in [0.29, 0.717) is 19.8 Å². The Kier molecular flexibility index (Phi) is 13.1. The molecule has 0 aliphatic carbocycles. The first-order chi connectivity index (χ1) is 21.4. The lowest BCUT2D eigenvalue weighted by molar-refractivity contribution is -0.148. The number of hydrogen-bond donors (Lipinski definition) is 0. The fraction of sp³-hybridized carbons (Fsp3) is 0.789. The summed E-state index contributed by atoms with van der Waals surface area (Å²) in [5, 5.41) is 0. The maximum Gasteiger partial charge on any atom is 0.254 e. The van der Waals surface area contributed by atoms with Gasteiger partial charge in [0.2, 0.25) is 0 Å². The summed E-state index contributed by atoms with van der Waals surface area (Å²) >= 11 is 0. The third kappa shape index (κ3) is 10.3. The SMILES string of the molecule is CCCOC(C)(C)CC(CC)(CC(C)(C)OCC(C)C(C)(C)N1C(=O)C=CC1=O)CC(C)(C)OCC(C)C(C)(C)N1C(=O)C=CC1=O. The molecule has 2 atom stereocenters. The minimum absolute atomic E-state index is 0.107. The number of amides is 4. The quantitative estimate of drug-likeness (QED) is 0.129. The second kappa shape index (κ2) is 15.0. The fourth-order valence-electron chi connectivity index (χ4n) is 7.29. The summed E-state index contributed by atoms with van der Waals surface area (Å²) in [6, 6.07) is 0. The van der Waals surface area contributed by atoms with Crippen molar-refractivity contribution in [1.82, 2.24) is 9.80 Å². The van der Waals surface area contributed by atoms with Crippen molar-refractivity contribution in [3.05, 3.63) is 24.3 Å². The van der Waals surface area contributed by atoms with Gasteiger partial charge < -0.3 is 14.2 Å². The van der Waals surface area contributed by atoms with Crippen molar-refractivity contribution in [1.29, 1.82) is 0 Å². The molecule has 2 aliphatic rings. The molecule has 0 saturated heterocycles. The number of imide groups is 2. The molecule has 0 fully saturated rings. The molecule has 2 rings (SSSR count). The van der Waals surface area contributed by atoms with Crippen molar-refractivity contribution >= 4 is 23.6 Å². The molecule has 0 aromatic carbocycles. The molecule has 2 unspecified atom stereocenters. The maximum absolute atomic E-state index is 12.5. The minimum Gasteiger partial charge on any atom is -0.376 e. The first kappa shape index (κ1) is 40.8. The summed E-state index contributed by atoms with van der Waals surface area (Å²) in [4.78, 5) is 52.5. The molecule has 0 aromatic rings. The van der Waals surface area contributed by atoms with Gasteiger partial charge in [-0.1, -0.05) is 34.1 Å². The van der Waals surface area contributed by atoms with Gasteiger partial charge in [0.25, 0.3) is 23.6 Å². The maximum atomic E-state index is 12.5. The van der Waals surface area contributed by atoms with Crippen LogP contribution in [0.2, 0.25) is 0 Å². The van der Waals surface area contributed by atoms with E-state index >= 15 is 0 Å². The molecule has 9 heteroatoms. The van der Waals surface area contributed by atoms with Crippen molar-refractivity contribution in [2.45, 2.75) is 157 Å². The average molecular weight is 661 g/mol. The van der Waals surface area contributed by atoms with Crippen molar-refractivity contribution in [3.8, 4) is 0 Å². The standard InChI is InChI=1S/C38H64N2O7/c1-15-21-45-33(5,6)24-38(16-2,25-34(7,8)46-22-27(3)36(11,12)39-29(41)17-18-30(39)42)26-35(9,10)47-23-28(4)37(13,14)40-31(43)19-20-32(40)44/h17-20,27-28H,15-16,21-26H2,1-14H3. The molecule has 268 valence electrons. The van der Waals surface area contributed by atoms with Crippen LogP contribution in [0, 0.1) is 17.3 Å². The molecular formula is C38H64N2O7. The van der Waals surface area contributed by atoms with Crippen LogP contribution in [0.1, 0.15) is 129 Å². The van der Waals surface area contributed by atoms with Crippen LogP contribution in [0.4, 0.5) is 0 Å². The predicted molar refractivity (Wildman–Crippen MR) is 185 cm³/mol. The molecule has 0 saturated carbocycles. The van der Waals surface area contributed by atoms with E-state index in [2.05, 4.69) is 55.4 Å². The molecular weight excluding hydrogens is 596 g/mol. The Morgan fingerprint density at radius 3 is 1.13 bits per heavy atom. The highest BCUT2D eigenvalue weighted by Gasteiger charge is 2.47. The van der Waals surface area contributed by atoms with Gasteiger partial charge in [0.1, 0.15) is 0 Å². The van der Waals surface area contributed by atoms with Gasteiger partial charge in [0.05, 0.1) is 41.1 Å². The Balaban J connectivity index is 2.26. The molecule has 2 aliphatic heterocycles. The van der Waals surface area contributed by atoms with Crippen LogP contribution in [0.5, 0.6) is 0 Å². The summed E-state index contributed by atoms with van der Waals surface area (Å²) in [5.74, 6) is -1.38. The van der Waals surface area contributed by atoms with Crippen LogP contribution >= 0.6 is 0 Å². The Labute approximate surface area is 284 Å². The van der Waals surface area contributed by atoms with Gasteiger partial charge in [0.15, 0.2) is 0 Å². The van der Waals surface area contributed by atoms with Crippen molar-refractivity contribution < 1.29 is 33.4 Å². The number of rotatable bonds is 20. The third-order valence-corrected chi connectivity index (χ3v) is 10.5. The van der Waals surface area contributed by atoms with Gasteiger partial charge in [0, 0.05) is 42.7 Å². The van der Waals surface area contributed by atoms with E-state index in [1.165, 1.54) is 34.1 Å². The Morgan fingerprint density at radius 1 is 0.553 bits per heavy atom. The Morgan fingerprint density at radius 2 is 0.851 bits per heavy atom. The largest absolute Gasteiger partial charge is 0.376 e. The Hall–Kier alpha value is -2.36. The van der Waals surface area contributed by atoms with Gasteiger partial charge in [-0.05, 0) is 100 Å². The van der Waals surface area contributed by atoms with Crippen LogP contribution in [-0.4, -0.2) is 81.1 Å². The monoisotopic (exact) mass is 660 g/mol. The normalized spacial score (nSPS) is 19.3. The van der Waals surface area contributed by atoms with Crippen LogP contribution in [0.25, 0.3) is 0 Å². The highest BCUT2D eigenvalue weighted by Crippen LogP contribution is 2.48. The summed E-state index contributed by atoms with van der Waals surface area (Å²) in [5.41, 5.74) is -3.11. The molecule has 0 bridgehead atoms. The highest BCUT2D eigenvalue weighted by atomic mass is 16.5. The third-order valence-electron chi connectivity index (χ3n) is 10.5. The minimum atomic E-state index is -0.716. The number of carbonyl (C=O) groups is 4. The fourth-order valence-corrected chi connectivity index (χ4v) is 7.29. The van der Waals surface area contributed by atoms with Crippen LogP contribution < -0.4 is 0 Å². The number of carbonyl (C=O) groups excluding carboxylic acids is 4. The first-order valence-electron chi connectivity index (χ1n) is 17.4. The molecule has 0 aromatic heterocycles. The van der Waals surface area contributed by atoms with E-state index in [4.69, 9.17) is 14.2 Å². The van der Waals surface area contributed by atoms with Crippen molar-refractivity contribution in [2.24, 2.45) is 17.3 Å². The predicted octanol–water partition coefficient (Wildman–Crippen LogP) is 7.03. The molecule has 9 nitrogen and oxygen atoms in total. The van der Waals surface area contributed by atoms with E-state index in [1.54, 1.807) is 0 Å². The van der Waals surface area contributed by atoms with Gasteiger partial charge >= 0.3 is 0 Å². The average Bonchev–Trinajstić information content (AvgIpc) is 3.47. The zero-order chi connectivity index (χ0) is 36.2. The van der Waals surface area contributed by atoms with E-state index in [1.807, 2.05) is 41.5 Å². The zero-order valence-electron chi connectivity index (χ0n) is 31.9. The lowest BCUT2D eigenvalue weighted by Gasteiger charge is -2.48. The van der Waals surface area contributed by atoms with Crippen molar-refractivity contribution in [2.75, 3.05) is 19.8 Å². The second-order valence-corrected chi connectivity index (χ2v) is 16.9. The van der Waals surface area contributed by atoms with Gasteiger partial charge in [-0.2, -0.15) is 0 Å². The first-order valence-corrected chi connectivity index (χ1v) is 17.4. The van der Waals surface area contributed by atoms with E-state index in [-0.39, 0.29) is 46.5 Å². The topological polar surface area (TPSA) is 102 Å². The molecule has 47 heavy (non-hydrogen) atoms. The summed E-state index contributed by atoms with van der Waals surface area (Å²) in [7, 11) is 0. The molecule has 2 heterocycles. The van der Waals surface area contributed by atoms with Gasteiger partial charge in [-0.3, -0.25) is 29.0 Å². The van der Waals surface area contributed by atoms with E-state index in [0.717, 1.165) is 32.1 Å². The van der Waals surface area contributed by atoms with Crippen LogP contribution in [-0.2, 0) is 33.4 Å². The van der Waals surface area contributed by atoms with Crippen LogP contribution in [0.15, 0.2) is 24.3 Å². The van der Waals surface area contributed by atoms with E-state index < -0.39 is 22.3 Å². The highest BCUT2D eigenvalue weighted by molar-refractivity contribution is 6.14. The molecule has 0 radical (unpaired) electrons. The number of nitrogens with zero attached hydrogens (tertiary/aromatic N) is 2. The second-order valence-electron chi connectivity index (χ2n) is 16.9. The van der Waals surface area contributed by atoms with Crippen molar-refractivity contribution in [3.63, 3.8) is 0 Å². The van der Waals surface area contributed by atoms with Gasteiger partial charge in [-0.25, -0.2) is 0 Å². The number of ether oxygens (including phenoxy) is 3. The van der Waals surface area contributed by atoms with Gasteiger partial charge in [-0.15, -0.1) is 0 Å². The smallest absolute Gasteiger partial charge is 0.254 e.